The van der Waals surface area contributed by atoms with Gasteiger partial charge in [0, 0.05) is 19.2 Å². The molecule has 0 radical (unpaired) electrons. The molecule has 1 heterocycles. The zero-order chi connectivity index (χ0) is 16.2. The SMILES string of the molecule is O=[N+]([O-])c1cc(S(=O)(=O)CCCN2CCOCC2)ccc1F.[Cl-]. The minimum absolute atomic E-state index is 0. The number of nitro groups is 1. The van der Waals surface area contributed by atoms with Crippen molar-refractivity contribution in [1.82, 2.24) is 4.90 Å². The van der Waals surface area contributed by atoms with Crippen LogP contribution >= 0.6 is 0 Å². The van der Waals surface area contributed by atoms with Gasteiger partial charge in [-0.25, -0.2) is 8.42 Å². The number of sulfone groups is 1. The average molecular weight is 368 g/mol. The second-order valence-electron chi connectivity index (χ2n) is 5.00. The third kappa shape index (κ3) is 5.38. The fraction of sp³-hybridized carbons (Fsp3) is 0.538. The van der Waals surface area contributed by atoms with Crippen molar-refractivity contribution in [2.75, 3.05) is 38.6 Å². The number of ether oxygens (including phenoxy) is 1. The lowest BCUT2D eigenvalue weighted by Gasteiger charge is -2.26. The van der Waals surface area contributed by atoms with Gasteiger partial charge in [-0.05, 0) is 25.1 Å². The molecule has 0 bridgehead atoms. The van der Waals surface area contributed by atoms with Crippen molar-refractivity contribution in [3.8, 4) is 0 Å². The third-order valence-electron chi connectivity index (χ3n) is 3.46. The largest absolute Gasteiger partial charge is 1.00 e. The molecule has 0 unspecified atom stereocenters. The zero-order valence-corrected chi connectivity index (χ0v) is 13.9. The number of morpholine rings is 1. The first-order valence-electron chi connectivity index (χ1n) is 6.87. The van der Waals surface area contributed by atoms with Gasteiger partial charge >= 0.3 is 5.69 Å². The highest BCUT2D eigenvalue weighted by Crippen LogP contribution is 2.22. The molecule has 0 atom stereocenters. The lowest BCUT2D eigenvalue weighted by atomic mass is 10.3. The Labute approximate surface area is 139 Å². The summed E-state index contributed by atoms with van der Waals surface area (Å²) in [4.78, 5) is 11.6. The summed E-state index contributed by atoms with van der Waals surface area (Å²) < 4.78 is 42.8. The molecule has 10 heteroatoms. The van der Waals surface area contributed by atoms with Crippen LogP contribution in [0.4, 0.5) is 10.1 Å². The van der Waals surface area contributed by atoms with Crippen LogP contribution in [-0.4, -0.2) is 56.8 Å². The molecule has 0 saturated carbocycles. The molecule has 7 nitrogen and oxygen atoms in total. The standard InChI is InChI=1S/C13H17FN2O5S.ClH/c14-12-3-2-11(10-13(12)16(17)18)22(19,20)9-1-4-15-5-7-21-8-6-15;/h2-3,10H,1,4-9H2;1H/p-1. The second kappa shape index (κ2) is 8.53. The van der Waals surface area contributed by atoms with Crippen LogP contribution in [0.1, 0.15) is 6.42 Å². The van der Waals surface area contributed by atoms with Gasteiger partial charge in [0.2, 0.25) is 5.82 Å². The summed E-state index contributed by atoms with van der Waals surface area (Å²) in [6, 6.07) is 2.65. The highest BCUT2D eigenvalue weighted by atomic mass is 35.5. The quantitative estimate of drug-likeness (QED) is 0.336. The Kier molecular flexibility index (Phi) is 7.33. The molecule has 1 saturated heterocycles. The second-order valence-corrected chi connectivity index (χ2v) is 7.11. The van der Waals surface area contributed by atoms with Crippen LogP contribution in [0.2, 0.25) is 0 Å². The molecular weight excluding hydrogens is 351 g/mol. The van der Waals surface area contributed by atoms with E-state index in [1.165, 1.54) is 0 Å². The van der Waals surface area contributed by atoms with Gasteiger partial charge in [0.1, 0.15) is 0 Å². The normalized spacial score (nSPS) is 15.9. The van der Waals surface area contributed by atoms with Gasteiger partial charge in [0.05, 0.1) is 28.8 Å². The molecular formula is C13H17ClFN2O5S-. The molecule has 0 amide bonds. The lowest BCUT2D eigenvalue weighted by molar-refractivity contribution is -0.387. The van der Waals surface area contributed by atoms with E-state index in [-0.39, 0.29) is 23.1 Å². The number of benzene rings is 1. The van der Waals surface area contributed by atoms with Crippen LogP contribution in [0.15, 0.2) is 23.1 Å². The maximum atomic E-state index is 13.2. The van der Waals surface area contributed by atoms with Gasteiger partial charge in [-0.2, -0.15) is 4.39 Å². The first-order chi connectivity index (χ1) is 10.4. The van der Waals surface area contributed by atoms with E-state index < -0.39 is 26.3 Å². The van der Waals surface area contributed by atoms with Gasteiger partial charge in [-0.3, -0.25) is 15.0 Å². The zero-order valence-electron chi connectivity index (χ0n) is 12.3. The van der Waals surface area contributed by atoms with E-state index in [1.54, 1.807) is 0 Å². The van der Waals surface area contributed by atoms with Crippen LogP contribution < -0.4 is 12.4 Å². The summed E-state index contributed by atoms with van der Waals surface area (Å²) in [5, 5.41) is 10.7. The highest BCUT2D eigenvalue weighted by molar-refractivity contribution is 7.91. The fourth-order valence-corrected chi connectivity index (χ4v) is 3.56. The van der Waals surface area contributed by atoms with E-state index in [0.29, 0.717) is 26.2 Å². The summed E-state index contributed by atoms with van der Waals surface area (Å²) >= 11 is 0. The minimum Gasteiger partial charge on any atom is -1.00 e. The van der Waals surface area contributed by atoms with Gasteiger partial charge in [0.15, 0.2) is 9.84 Å². The Hall–Kier alpha value is -1.29. The Morgan fingerprint density at radius 1 is 1.30 bits per heavy atom. The first-order valence-corrected chi connectivity index (χ1v) is 8.52. The number of halogens is 2. The smallest absolute Gasteiger partial charge is 0.306 e. The molecule has 1 fully saturated rings. The number of nitro benzene ring substituents is 1. The van der Waals surface area contributed by atoms with E-state index in [9.17, 15) is 22.9 Å². The van der Waals surface area contributed by atoms with Crippen molar-refractivity contribution in [2.45, 2.75) is 11.3 Å². The van der Waals surface area contributed by atoms with Crippen LogP contribution in [-0.2, 0) is 14.6 Å². The summed E-state index contributed by atoms with van der Waals surface area (Å²) in [5.74, 6) is -1.18. The Morgan fingerprint density at radius 3 is 2.57 bits per heavy atom. The molecule has 1 aliphatic rings. The minimum atomic E-state index is -3.66. The molecule has 130 valence electrons. The molecule has 0 spiro atoms. The first kappa shape index (κ1) is 19.8. The van der Waals surface area contributed by atoms with Crippen molar-refractivity contribution in [3.05, 3.63) is 34.1 Å². The lowest BCUT2D eigenvalue weighted by Crippen LogP contribution is -3.00. The molecule has 0 aliphatic carbocycles. The molecule has 1 aliphatic heterocycles. The van der Waals surface area contributed by atoms with Gasteiger partial charge < -0.3 is 17.1 Å². The monoisotopic (exact) mass is 367 g/mol. The highest BCUT2D eigenvalue weighted by Gasteiger charge is 2.22. The van der Waals surface area contributed by atoms with Crippen LogP contribution in [0.5, 0.6) is 0 Å². The van der Waals surface area contributed by atoms with Crippen LogP contribution in [0.3, 0.4) is 0 Å². The van der Waals surface area contributed by atoms with Gasteiger partial charge in [-0.15, -0.1) is 0 Å². The van der Waals surface area contributed by atoms with Crippen LogP contribution in [0, 0.1) is 15.9 Å². The number of hydrogen-bond acceptors (Lipinski definition) is 6. The number of nitrogens with zero attached hydrogens (tertiary/aromatic N) is 2. The van der Waals surface area contributed by atoms with Crippen molar-refractivity contribution >= 4 is 15.5 Å². The molecule has 1 aromatic rings. The Balaban J connectivity index is 0.00000264. The van der Waals surface area contributed by atoms with E-state index >= 15 is 0 Å². The predicted octanol–water partition coefficient (Wildman–Crippen LogP) is -1.77. The van der Waals surface area contributed by atoms with E-state index in [4.69, 9.17) is 4.74 Å². The topological polar surface area (TPSA) is 89.8 Å². The Morgan fingerprint density at radius 2 is 1.96 bits per heavy atom. The Bertz CT molecular complexity index is 650. The molecule has 0 aromatic heterocycles. The number of hydrogen-bond donors (Lipinski definition) is 0. The summed E-state index contributed by atoms with van der Waals surface area (Å²) in [7, 11) is -3.66. The predicted molar refractivity (Wildman–Crippen MR) is 77.0 cm³/mol. The van der Waals surface area contributed by atoms with Crippen molar-refractivity contribution < 1.29 is 34.9 Å². The third-order valence-corrected chi connectivity index (χ3v) is 5.26. The van der Waals surface area contributed by atoms with Gasteiger partial charge in [0.25, 0.3) is 0 Å². The summed E-state index contributed by atoms with van der Waals surface area (Å²) in [5.41, 5.74) is -0.825. The van der Waals surface area contributed by atoms with Crippen molar-refractivity contribution in [3.63, 3.8) is 0 Å². The fourth-order valence-electron chi connectivity index (χ4n) is 2.25. The summed E-state index contributed by atoms with van der Waals surface area (Å²) in [6.07, 6.45) is 0.410. The number of rotatable bonds is 6. The molecule has 1 aromatic carbocycles. The van der Waals surface area contributed by atoms with Crippen molar-refractivity contribution in [1.29, 1.82) is 0 Å². The molecule has 2 rings (SSSR count). The molecule has 23 heavy (non-hydrogen) atoms. The van der Waals surface area contributed by atoms with E-state index in [0.717, 1.165) is 31.3 Å². The summed E-state index contributed by atoms with van der Waals surface area (Å²) in [6.45, 7) is 3.42. The maximum Gasteiger partial charge on any atom is 0.306 e. The van der Waals surface area contributed by atoms with Gasteiger partial charge in [-0.1, -0.05) is 0 Å². The molecule has 0 N–H and O–H groups in total. The maximum absolute atomic E-state index is 13.2. The average Bonchev–Trinajstić information content (AvgIpc) is 2.48. The van der Waals surface area contributed by atoms with Crippen LogP contribution in [0.25, 0.3) is 0 Å². The van der Waals surface area contributed by atoms with E-state index in [1.807, 2.05) is 0 Å². The van der Waals surface area contributed by atoms with E-state index in [2.05, 4.69) is 4.90 Å². The van der Waals surface area contributed by atoms with Crippen molar-refractivity contribution in [2.24, 2.45) is 0 Å².